The number of hydrogen-bond donors (Lipinski definition) is 1. The largest absolute Gasteiger partial charge is 0.497 e. The number of fused-ring (bicyclic) bond motifs is 1. The number of imidazole rings is 1. The third kappa shape index (κ3) is 2.39. The van der Waals surface area contributed by atoms with Crippen molar-refractivity contribution in [1.29, 1.82) is 0 Å². The van der Waals surface area contributed by atoms with Crippen LogP contribution in [-0.2, 0) is 0 Å². The monoisotopic (exact) mass is 294 g/mol. The van der Waals surface area contributed by atoms with Crippen LogP contribution in [-0.4, -0.2) is 28.0 Å². The zero-order chi connectivity index (χ0) is 14.9. The summed E-state index contributed by atoms with van der Waals surface area (Å²) in [6, 6.07) is 8.00. The maximum Gasteiger partial charge on any atom is 0.180 e. The number of ether oxygens (including phenoxy) is 1. The summed E-state index contributed by atoms with van der Waals surface area (Å²) in [6.45, 7) is 0.984. The molecule has 0 spiro atoms. The quantitative estimate of drug-likeness (QED) is 0.785. The maximum atomic E-state index is 5.21. The standard InChI is InChI=1S/C17H18N4O/c1-22-14-6-4-13(5-7-14)15-11-20-17-16(18-8-9-21(15)17)19-10-12-2-3-12/h4-9,11-12H,2-3,10H2,1H3,(H,18,19). The van der Waals surface area contributed by atoms with E-state index in [-0.39, 0.29) is 0 Å². The molecule has 0 aliphatic heterocycles. The Hall–Kier alpha value is -2.56. The predicted molar refractivity (Wildman–Crippen MR) is 86.2 cm³/mol. The molecule has 5 heteroatoms. The molecule has 1 aliphatic carbocycles. The van der Waals surface area contributed by atoms with Crippen molar-refractivity contribution in [3.8, 4) is 17.0 Å². The average molecular weight is 294 g/mol. The molecule has 0 saturated heterocycles. The molecule has 0 radical (unpaired) electrons. The van der Waals surface area contributed by atoms with E-state index in [9.17, 15) is 0 Å². The maximum absolute atomic E-state index is 5.21. The summed E-state index contributed by atoms with van der Waals surface area (Å²) in [6.07, 6.45) is 8.30. The molecule has 1 fully saturated rings. The molecule has 0 amide bonds. The van der Waals surface area contributed by atoms with Gasteiger partial charge in [0.05, 0.1) is 19.0 Å². The first kappa shape index (κ1) is 13.1. The molecule has 4 rings (SSSR count). The summed E-state index contributed by atoms with van der Waals surface area (Å²) in [7, 11) is 1.67. The number of nitrogens with one attached hydrogen (secondary N) is 1. The molecule has 2 heterocycles. The van der Waals surface area contributed by atoms with Gasteiger partial charge in [0.2, 0.25) is 0 Å². The number of hydrogen-bond acceptors (Lipinski definition) is 4. The molecule has 0 atom stereocenters. The molecular weight excluding hydrogens is 276 g/mol. The molecule has 3 aromatic rings. The number of methoxy groups -OCH3 is 1. The second kappa shape index (κ2) is 5.33. The van der Waals surface area contributed by atoms with Gasteiger partial charge in [-0.3, -0.25) is 4.40 Å². The summed E-state index contributed by atoms with van der Waals surface area (Å²) >= 11 is 0. The molecule has 0 bridgehead atoms. The average Bonchev–Trinajstić information content (AvgIpc) is 3.30. The van der Waals surface area contributed by atoms with E-state index in [0.717, 1.165) is 40.9 Å². The summed E-state index contributed by atoms with van der Waals surface area (Å²) in [4.78, 5) is 8.97. The van der Waals surface area contributed by atoms with Gasteiger partial charge in [-0.15, -0.1) is 0 Å². The lowest BCUT2D eigenvalue weighted by Crippen LogP contribution is -2.06. The predicted octanol–water partition coefficient (Wildman–Crippen LogP) is 3.23. The lowest BCUT2D eigenvalue weighted by atomic mass is 10.1. The zero-order valence-electron chi connectivity index (χ0n) is 12.5. The van der Waals surface area contributed by atoms with Gasteiger partial charge >= 0.3 is 0 Å². The lowest BCUT2D eigenvalue weighted by molar-refractivity contribution is 0.415. The van der Waals surface area contributed by atoms with Gasteiger partial charge in [-0.25, -0.2) is 9.97 Å². The van der Waals surface area contributed by atoms with Crippen LogP contribution in [0.3, 0.4) is 0 Å². The van der Waals surface area contributed by atoms with Crippen molar-refractivity contribution in [1.82, 2.24) is 14.4 Å². The van der Waals surface area contributed by atoms with E-state index in [2.05, 4.69) is 19.7 Å². The minimum absolute atomic E-state index is 0.804. The van der Waals surface area contributed by atoms with Gasteiger partial charge in [0.15, 0.2) is 11.5 Å². The second-order valence-electron chi connectivity index (χ2n) is 5.67. The summed E-state index contributed by atoms with van der Waals surface area (Å²) < 4.78 is 7.28. The SMILES string of the molecule is COc1ccc(-c2cnc3c(NCC4CC4)nccn23)cc1. The highest BCUT2D eigenvalue weighted by Gasteiger charge is 2.21. The highest BCUT2D eigenvalue weighted by atomic mass is 16.5. The molecule has 22 heavy (non-hydrogen) atoms. The fraction of sp³-hybridized carbons (Fsp3) is 0.294. The van der Waals surface area contributed by atoms with Crippen molar-refractivity contribution in [3.63, 3.8) is 0 Å². The van der Waals surface area contributed by atoms with Crippen LogP contribution >= 0.6 is 0 Å². The van der Waals surface area contributed by atoms with Crippen LogP contribution in [0.15, 0.2) is 42.9 Å². The van der Waals surface area contributed by atoms with Crippen LogP contribution in [0.4, 0.5) is 5.82 Å². The Bertz CT molecular complexity index is 790. The fourth-order valence-electron chi connectivity index (χ4n) is 2.58. The van der Waals surface area contributed by atoms with Crippen molar-refractivity contribution in [2.45, 2.75) is 12.8 Å². The summed E-state index contributed by atoms with van der Waals surface area (Å²) in [5, 5.41) is 3.42. The van der Waals surface area contributed by atoms with E-state index in [1.165, 1.54) is 12.8 Å². The molecule has 112 valence electrons. The van der Waals surface area contributed by atoms with Gasteiger partial charge in [0, 0.05) is 24.5 Å². The van der Waals surface area contributed by atoms with Crippen LogP contribution in [0.2, 0.25) is 0 Å². The van der Waals surface area contributed by atoms with Crippen LogP contribution in [0, 0.1) is 5.92 Å². The number of aromatic nitrogens is 3. The van der Waals surface area contributed by atoms with E-state index in [4.69, 9.17) is 4.74 Å². The van der Waals surface area contributed by atoms with Gasteiger partial charge in [-0.05, 0) is 43.0 Å². The lowest BCUT2D eigenvalue weighted by Gasteiger charge is -2.07. The molecule has 1 aliphatic rings. The minimum Gasteiger partial charge on any atom is -0.497 e. The van der Waals surface area contributed by atoms with Gasteiger partial charge < -0.3 is 10.1 Å². The Balaban J connectivity index is 1.70. The summed E-state index contributed by atoms with van der Waals surface area (Å²) in [5.74, 6) is 2.51. The molecule has 2 aromatic heterocycles. The zero-order valence-corrected chi connectivity index (χ0v) is 12.5. The van der Waals surface area contributed by atoms with E-state index in [0.29, 0.717) is 0 Å². The Labute approximate surface area is 129 Å². The molecule has 1 N–H and O–H groups in total. The Morgan fingerprint density at radius 2 is 2.05 bits per heavy atom. The van der Waals surface area contributed by atoms with Gasteiger partial charge in [-0.2, -0.15) is 0 Å². The first-order valence-corrected chi connectivity index (χ1v) is 7.55. The van der Waals surface area contributed by atoms with Crippen LogP contribution < -0.4 is 10.1 Å². The van der Waals surface area contributed by atoms with E-state index in [1.807, 2.05) is 42.9 Å². The highest BCUT2D eigenvalue weighted by Crippen LogP contribution is 2.30. The number of nitrogens with zero attached hydrogens (tertiary/aromatic N) is 3. The van der Waals surface area contributed by atoms with Gasteiger partial charge in [0.1, 0.15) is 5.75 Å². The topological polar surface area (TPSA) is 51.5 Å². The van der Waals surface area contributed by atoms with E-state index >= 15 is 0 Å². The first-order chi connectivity index (χ1) is 10.8. The molecular formula is C17H18N4O. The number of benzene rings is 1. The van der Waals surface area contributed by atoms with Crippen LogP contribution in [0.5, 0.6) is 5.75 Å². The Morgan fingerprint density at radius 3 is 2.77 bits per heavy atom. The molecule has 5 nitrogen and oxygen atoms in total. The second-order valence-corrected chi connectivity index (χ2v) is 5.67. The van der Waals surface area contributed by atoms with Crippen LogP contribution in [0.25, 0.3) is 16.9 Å². The normalized spacial score (nSPS) is 14.2. The number of anilines is 1. The summed E-state index contributed by atoms with van der Waals surface area (Å²) in [5.41, 5.74) is 3.02. The fourth-order valence-corrected chi connectivity index (χ4v) is 2.58. The van der Waals surface area contributed by atoms with Crippen molar-refractivity contribution in [2.75, 3.05) is 19.0 Å². The number of rotatable bonds is 5. The van der Waals surface area contributed by atoms with Crippen molar-refractivity contribution in [2.24, 2.45) is 5.92 Å². The van der Waals surface area contributed by atoms with Gasteiger partial charge in [-0.1, -0.05) is 0 Å². The molecule has 1 aromatic carbocycles. The first-order valence-electron chi connectivity index (χ1n) is 7.55. The minimum atomic E-state index is 0.804. The third-order valence-electron chi connectivity index (χ3n) is 4.07. The molecule has 1 saturated carbocycles. The smallest absolute Gasteiger partial charge is 0.180 e. The third-order valence-corrected chi connectivity index (χ3v) is 4.07. The van der Waals surface area contributed by atoms with Gasteiger partial charge in [0.25, 0.3) is 0 Å². The van der Waals surface area contributed by atoms with Crippen LogP contribution in [0.1, 0.15) is 12.8 Å². The molecule has 0 unspecified atom stereocenters. The Kier molecular flexibility index (Phi) is 3.18. The van der Waals surface area contributed by atoms with E-state index < -0.39 is 0 Å². The van der Waals surface area contributed by atoms with Crippen molar-refractivity contribution in [3.05, 3.63) is 42.9 Å². The highest BCUT2D eigenvalue weighted by molar-refractivity contribution is 5.70. The van der Waals surface area contributed by atoms with Crippen molar-refractivity contribution >= 4 is 11.5 Å². The van der Waals surface area contributed by atoms with Crippen molar-refractivity contribution < 1.29 is 4.74 Å². The van der Waals surface area contributed by atoms with E-state index in [1.54, 1.807) is 7.11 Å². The Morgan fingerprint density at radius 1 is 1.23 bits per heavy atom.